The van der Waals surface area contributed by atoms with Crippen molar-refractivity contribution in [3.63, 3.8) is 0 Å². The lowest BCUT2D eigenvalue weighted by atomic mass is 10.0. The zero-order chi connectivity index (χ0) is 24.5. The predicted molar refractivity (Wildman–Crippen MR) is 118 cm³/mol. The average Bonchev–Trinajstić information content (AvgIpc) is 2.79. The highest BCUT2D eigenvalue weighted by molar-refractivity contribution is 6.02. The number of ether oxygens (including phenoxy) is 1. The number of nitrogens with zero attached hydrogens (tertiary/aromatic N) is 1. The van der Waals surface area contributed by atoms with Gasteiger partial charge in [0.05, 0.1) is 11.2 Å². The third kappa shape index (κ3) is 4.60. The molecule has 0 saturated heterocycles. The number of para-hydroxylation sites is 2. The number of hydrogen-bond donors (Lipinski definition) is 2. The van der Waals surface area contributed by atoms with Crippen molar-refractivity contribution >= 4 is 28.6 Å². The number of aromatic nitrogens is 1. The van der Waals surface area contributed by atoms with Crippen molar-refractivity contribution in [1.29, 1.82) is 0 Å². The molecule has 0 fully saturated rings. The number of nitrogens with one attached hydrogen (secondary N) is 1. The molecule has 1 heterocycles. The average molecular weight is 468 g/mol. The van der Waals surface area contributed by atoms with Crippen molar-refractivity contribution < 1.29 is 32.6 Å². The molecule has 0 aliphatic heterocycles. The zero-order valence-electron chi connectivity index (χ0n) is 17.2. The molecular formula is C24H15F3N2O5. The molecule has 4 aromatic rings. The number of aromatic carboxylic acids is 1. The normalized spacial score (nSPS) is 11.3. The highest BCUT2D eigenvalue weighted by Gasteiger charge is 2.31. The van der Waals surface area contributed by atoms with Gasteiger partial charge in [0.1, 0.15) is 11.3 Å². The van der Waals surface area contributed by atoms with E-state index >= 15 is 0 Å². The molecule has 4 rings (SSSR count). The number of amides is 1. The van der Waals surface area contributed by atoms with Gasteiger partial charge < -0.3 is 15.2 Å². The summed E-state index contributed by atoms with van der Waals surface area (Å²) in [5.74, 6) is -1.86. The van der Waals surface area contributed by atoms with Crippen LogP contribution in [0.2, 0.25) is 0 Å². The Bertz CT molecular complexity index is 1460. The number of carboxylic acids is 1. The molecule has 1 amide bonds. The van der Waals surface area contributed by atoms with Crippen LogP contribution in [0, 0.1) is 0 Å². The number of halogens is 3. The van der Waals surface area contributed by atoms with Gasteiger partial charge in [-0.3, -0.25) is 9.36 Å². The minimum Gasteiger partial charge on any atom is -0.477 e. The fraction of sp³-hybridized carbons (Fsp3) is 0.0417. The molecule has 0 unspecified atom stereocenters. The van der Waals surface area contributed by atoms with Gasteiger partial charge in [0.2, 0.25) is 5.43 Å². The summed E-state index contributed by atoms with van der Waals surface area (Å²) in [4.78, 5) is 37.1. The summed E-state index contributed by atoms with van der Waals surface area (Å²) in [5.41, 5.74) is 0.244. The van der Waals surface area contributed by atoms with Gasteiger partial charge in [-0.1, -0.05) is 42.5 Å². The van der Waals surface area contributed by atoms with Crippen molar-refractivity contribution in [2.45, 2.75) is 6.36 Å². The van der Waals surface area contributed by atoms with Crippen molar-refractivity contribution in [2.75, 3.05) is 5.32 Å². The van der Waals surface area contributed by atoms with Gasteiger partial charge >= 0.3 is 18.4 Å². The monoisotopic (exact) mass is 468 g/mol. The van der Waals surface area contributed by atoms with Crippen LogP contribution < -0.4 is 15.5 Å². The summed E-state index contributed by atoms with van der Waals surface area (Å²) in [6.07, 6.45) is -3.87. The molecule has 172 valence electrons. The Balaban J connectivity index is 1.71. The first kappa shape index (κ1) is 22.6. The second-order valence-electron chi connectivity index (χ2n) is 7.11. The Morgan fingerprint density at radius 2 is 1.56 bits per heavy atom. The Morgan fingerprint density at radius 3 is 2.24 bits per heavy atom. The number of carboxylic acid groups (broad SMARTS) is 1. The van der Waals surface area contributed by atoms with Crippen molar-refractivity contribution in [3.8, 4) is 16.9 Å². The minimum absolute atomic E-state index is 0.0612. The molecule has 0 saturated carbocycles. The Morgan fingerprint density at radius 1 is 0.912 bits per heavy atom. The van der Waals surface area contributed by atoms with Crippen LogP contribution in [0.3, 0.4) is 0 Å². The summed E-state index contributed by atoms with van der Waals surface area (Å²) in [6, 6.07) is 17.0. The van der Waals surface area contributed by atoms with Gasteiger partial charge in [-0.25, -0.2) is 9.59 Å². The maximum Gasteiger partial charge on any atom is 0.573 e. The Labute approximate surface area is 189 Å². The van der Waals surface area contributed by atoms with E-state index in [1.54, 1.807) is 36.4 Å². The summed E-state index contributed by atoms with van der Waals surface area (Å²) in [7, 11) is 0. The van der Waals surface area contributed by atoms with E-state index in [0.717, 1.165) is 22.9 Å². The number of pyridine rings is 1. The third-order valence-electron chi connectivity index (χ3n) is 4.93. The molecule has 3 aromatic carbocycles. The Kier molecular flexibility index (Phi) is 5.80. The molecule has 0 bridgehead atoms. The van der Waals surface area contributed by atoms with Gasteiger partial charge in [-0.15, -0.1) is 13.2 Å². The van der Waals surface area contributed by atoms with Gasteiger partial charge in [0.25, 0.3) is 0 Å². The number of hydrogen-bond acceptors (Lipinski definition) is 4. The molecule has 0 atom stereocenters. The van der Waals surface area contributed by atoms with E-state index in [1.807, 2.05) is 0 Å². The molecule has 7 nitrogen and oxygen atoms in total. The maximum atomic E-state index is 13.1. The fourth-order valence-corrected chi connectivity index (χ4v) is 3.45. The lowest BCUT2D eigenvalue weighted by Crippen LogP contribution is -2.25. The second-order valence-corrected chi connectivity index (χ2v) is 7.11. The van der Waals surface area contributed by atoms with Gasteiger partial charge in [0, 0.05) is 17.1 Å². The van der Waals surface area contributed by atoms with Crippen LogP contribution in [0.1, 0.15) is 10.4 Å². The second kappa shape index (κ2) is 8.74. The van der Waals surface area contributed by atoms with E-state index in [1.165, 1.54) is 24.3 Å². The highest BCUT2D eigenvalue weighted by Crippen LogP contribution is 2.31. The van der Waals surface area contributed by atoms with E-state index in [2.05, 4.69) is 10.1 Å². The summed E-state index contributed by atoms with van der Waals surface area (Å²) >= 11 is 0. The van der Waals surface area contributed by atoms with Crippen molar-refractivity contribution in [3.05, 3.63) is 94.8 Å². The Hall–Kier alpha value is -4.60. The van der Waals surface area contributed by atoms with E-state index in [9.17, 15) is 32.7 Å². The van der Waals surface area contributed by atoms with Crippen LogP contribution in [-0.2, 0) is 0 Å². The molecule has 1 aromatic heterocycles. The smallest absolute Gasteiger partial charge is 0.477 e. The number of benzene rings is 3. The van der Waals surface area contributed by atoms with E-state index in [0.29, 0.717) is 16.8 Å². The van der Waals surface area contributed by atoms with Crippen LogP contribution in [0.4, 0.5) is 23.7 Å². The highest BCUT2D eigenvalue weighted by atomic mass is 19.4. The number of anilines is 1. The molecule has 2 N–H and O–H groups in total. The number of carbonyl (C=O) groups excluding carboxylic acids is 1. The summed E-state index contributed by atoms with van der Waals surface area (Å²) in [6.45, 7) is 0. The standard InChI is InChI=1S/C24H15F3N2O5/c25-24(26,27)34-15-11-9-14(10-12-15)16-5-1-3-7-19(16)28-23(33)29-13-18(22(31)32)21(30)17-6-2-4-8-20(17)29/h1-13H,(H,28,33)(H,31,32). The van der Waals surface area contributed by atoms with E-state index in [4.69, 9.17) is 0 Å². The predicted octanol–water partition coefficient (Wildman–Crippen LogP) is 5.35. The van der Waals surface area contributed by atoms with Gasteiger partial charge in [0.15, 0.2) is 0 Å². The summed E-state index contributed by atoms with van der Waals surface area (Å²) < 4.78 is 42.2. The molecule has 34 heavy (non-hydrogen) atoms. The molecule has 0 spiro atoms. The quantitative estimate of drug-likeness (QED) is 0.421. The minimum atomic E-state index is -4.82. The SMILES string of the molecule is O=C(O)c1cn(C(=O)Nc2ccccc2-c2ccc(OC(F)(F)F)cc2)c2ccccc2c1=O. The molecule has 10 heteroatoms. The van der Waals surface area contributed by atoms with Crippen LogP contribution in [0.5, 0.6) is 5.75 Å². The van der Waals surface area contributed by atoms with Gasteiger partial charge in [-0.05, 0) is 35.9 Å². The van der Waals surface area contributed by atoms with Crippen LogP contribution in [-0.4, -0.2) is 28.0 Å². The van der Waals surface area contributed by atoms with Crippen LogP contribution in [0.25, 0.3) is 22.0 Å². The number of alkyl halides is 3. The lowest BCUT2D eigenvalue weighted by Gasteiger charge is -2.15. The van der Waals surface area contributed by atoms with Crippen molar-refractivity contribution in [2.24, 2.45) is 0 Å². The lowest BCUT2D eigenvalue weighted by molar-refractivity contribution is -0.274. The number of rotatable bonds is 4. The largest absolute Gasteiger partial charge is 0.573 e. The number of fused-ring (bicyclic) bond motifs is 1. The van der Waals surface area contributed by atoms with Crippen LogP contribution >= 0.6 is 0 Å². The van der Waals surface area contributed by atoms with E-state index < -0.39 is 35.1 Å². The topological polar surface area (TPSA) is 97.6 Å². The first-order valence-corrected chi connectivity index (χ1v) is 9.78. The fourth-order valence-electron chi connectivity index (χ4n) is 3.45. The molecule has 0 radical (unpaired) electrons. The number of carbonyl (C=O) groups is 2. The first-order valence-electron chi connectivity index (χ1n) is 9.78. The first-order chi connectivity index (χ1) is 16.1. The zero-order valence-corrected chi connectivity index (χ0v) is 17.2. The molecule has 0 aliphatic carbocycles. The maximum absolute atomic E-state index is 13.1. The van der Waals surface area contributed by atoms with E-state index in [-0.39, 0.29) is 10.9 Å². The molecular weight excluding hydrogens is 453 g/mol. The third-order valence-corrected chi connectivity index (χ3v) is 4.93. The molecule has 0 aliphatic rings. The van der Waals surface area contributed by atoms with Crippen LogP contribution in [0.15, 0.2) is 83.8 Å². The summed E-state index contributed by atoms with van der Waals surface area (Å²) in [5, 5.41) is 12.1. The van der Waals surface area contributed by atoms with Gasteiger partial charge in [-0.2, -0.15) is 0 Å². The van der Waals surface area contributed by atoms with Crippen molar-refractivity contribution in [1.82, 2.24) is 4.57 Å².